The van der Waals surface area contributed by atoms with Crippen LogP contribution in [0.2, 0.25) is 0 Å². The molecule has 1 aromatic rings. The minimum atomic E-state index is -0.619. The van der Waals surface area contributed by atoms with Crippen molar-refractivity contribution in [3.63, 3.8) is 0 Å². The number of amides is 1. The number of nitrogens with one attached hydrogen (secondary N) is 1. The van der Waals surface area contributed by atoms with Gasteiger partial charge in [0.2, 0.25) is 5.91 Å². The molecule has 2 fully saturated rings. The number of rotatable bonds is 5. The summed E-state index contributed by atoms with van der Waals surface area (Å²) in [5.41, 5.74) is 6.50. The summed E-state index contributed by atoms with van der Waals surface area (Å²) in [6.07, 6.45) is 3.38. The van der Waals surface area contributed by atoms with Gasteiger partial charge in [-0.25, -0.2) is 0 Å². The van der Waals surface area contributed by atoms with Crippen molar-refractivity contribution >= 4 is 5.91 Å². The van der Waals surface area contributed by atoms with Gasteiger partial charge in [-0.2, -0.15) is 0 Å². The third-order valence-corrected chi connectivity index (χ3v) is 4.98. The van der Waals surface area contributed by atoms with Crippen LogP contribution < -0.4 is 15.8 Å². The molecule has 1 aliphatic carbocycles. The fourth-order valence-corrected chi connectivity index (χ4v) is 3.06. The van der Waals surface area contributed by atoms with E-state index in [-0.39, 0.29) is 11.3 Å². The second-order valence-electron chi connectivity index (χ2n) is 6.46. The molecule has 120 valence electrons. The quantitative estimate of drug-likeness (QED) is 0.861. The van der Waals surface area contributed by atoms with Crippen LogP contribution in [0.4, 0.5) is 0 Å². The predicted octanol–water partition coefficient (Wildman–Crippen LogP) is 1.35. The van der Waals surface area contributed by atoms with Crippen molar-refractivity contribution in [1.82, 2.24) is 5.32 Å². The molecule has 1 saturated carbocycles. The van der Waals surface area contributed by atoms with Crippen LogP contribution in [0.25, 0.3) is 0 Å². The maximum Gasteiger partial charge on any atom is 0.240 e. The van der Waals surface area contributed by atoms with Crippen molar-refractivity contribution < 1.29 is 14.3 Å². The zero-order chi connectivity index (χ0) is 15.6. The second-order valence-corrected chi connectivity index (χ2v) is 6.46. The summed E-state index contributed by atoms with van der Waals surface area (Å²) in [7, 11) is 1.66. The minimum absolute atomic E-state index is 0.0214. The number of ether oxygens (including phenoxy) is 2. The zero-order valence-electron chi connectivity index (χ0n) is 13.1. The summed E-state index contributed by atoms with van der Waals surface area (Å²) in [5.74, 6) is 0.820. The van der Waals surface area contributed by atoms with Gasteiger partial charge in [0.25, 0.3) is 0 Å². The molecule has 22 heavy (non-hydrogen) atoms. The summed E-state index contributed by atoms with van der Waals surface area (Å²) in [5, 5.41) is 3.07. The molecule has 0 radical (unpaired) electrons. The Morgan fingerprint density at radius 2 is 1.86 bits per heavy atom. The molecule has 0 spiro atoms. The summed E-state index contributed by atoms with van der Waals surface area (Å²) >= 11 is 0. The fraction of sp³-hybridized carbons (Fsp3) is 0.588. The number of methoxy groups -OCH3 is 1. The molecule has 1 amide bonds. The van der Waals surface area contributed by atoms with Crippen LogP contribution in [0, 0.1) is 0 Å². The summed E-state index contributed by atoms with van der Waals surface area (Å²) < 4.78 is 10.7. The first-order valence-corrected chi connectivity index (χ1v) is 7.88. The van der Waals surface area contributed by atoms with Crippen molar-refractivity contribution in [2.24, 2.45) is 5.73 Å². The molecular formula is C17H24N2O3. The van der Waals surface area contributed by atoms with Gasteiger partial charge in [-0.05, 0) is 43.4 Å². The Kier molecular flexibility index (Phi) is 4.10. The number of benzene rings is 1. The lowest BCUT2D eigenvalue weighted by Crippen LogP contribution is -2.50. The largest absolute Gasteiger partial charge is 0.497 e. The maximum absolute atomic E-state index is 12.2. The van der Waals surface area contributed by atoms with Gasteiger partial charge in [-0.3, -0.25) is 4.79 Å². The van der Waals surface area contributed by atoms with E-state index in [9.17, 15) is 4.79 Å². The molecule has 0 bridgehead atoms. The van der Waals surface area contributed by atoms with E-state index in [1.54, 1.807) is 7.11 Å². The summed E-state index contributed by atoms with van der Waals surface area (Å²) in [6.45, 7) is 2.05. The molecular weight excluding hydrogens is 280 g/mol. The van der Waals surface area contributed by atoms with Crippen LogP contribution in [-0.2, 0) is 14.9 Å². The lowest BCUT2D eigenvalue weighted by molar-refractivity contribution is -0.123. The Morgan fingerprint density at radius 1 is 1.23 bits per heavy atom. The van der Waals surface area contributed by atoms with Gasteiger partial charge in [0.05, 0.1) is 12.6 Å². The molecule has 1 aromatic carbocycles. The normalized spacial score (nSPS) is 21.9. The summed E-state index contributed by atoms with van der Waals surface area (Å²) in [6, 6.07) is 8.12. The Balaban J connectivity index is 1.76. The van der Waals surface area contributed by atoms with Crippen LogP contribution in [0.15, 0.2) is 24.3 Å². The Labute approximate surface area is 131 Å². The van der Waals surface area contributed by atoms with Crippen LogP contribution in [0.3, 0.4) is 0 Å². The lowest BCUT2D eigenvalue weighted by Gasteiger charge is -2.38. The van der Waals surface area contributed by atoms with E-state index < -0.39 is 5.54 Å². The SMILES string of the molecule is COc1ccc(C2(CNC(=O)C3(N)CC3)CCOCC2)cc1. The molecule has 1 aliphatic heterocycles. The highest BCUT2D eigenvalue weighted by atomic mass is 16.5. The average molecular weight is 304 g/mol. The van der Waals surface area contributed by atoms with Crippen LogP contribution in [0.5, 0.6) is 5.75 Å². The molecule has 0 aromatic heterocycles. The molecule has 1 saturated heterocycles. The Bertz CT molecular complexity index is 531. The van der Waals surface area contributed by atoms with E-state index in [1.165, 1.54) is 5.56 Å². The number of hydrogen-bond donors (Lipinski definition) is 2. The van der Waals surface area contributed by atoms with Crippen LogP contribution in [0.1, 0.15) is 31.2 Å². The van der Waals surface area contributed by atoms with Crippen LogP contribution >= 0.6 is 0 Å². The van der Waals surface area contributed by atoms with Gasteiger partial charge in [-0.15, -0.1) is 0 Å². The molecule has 1 heterocycles. The van der Waals surface area contributed by atoms with Gasteiger partial charge in [-0.1, -0.05) is 12.1 Å². The lowest BCUT2D eigenvalue weighted by atomic mass is 9.74. The fourth-order valence-electron chi connectivity index (χ4n) is 3.06. The van der Waals surface area contributed by atoms with Gasteiger partial charge >= 0.3 is 0 Å². The highest BCUT2D eigenvalue weighted by Gasteiger charge is 2.46. The first-order chi connectivity index (χ1) is 10.6. The van der Waals surface area contributed by atoms with Crippen LogP contribution in [-0.4, -0.2) is 38.3 Å². The molecule has 5 heteroatoms. The van der Waals surface area contributed by atoms with E-state index in [0.29, 0.717) is 6.54 Å². The third-order valence-electron chi connectivity index (χ3n) is 4.98. The van der Waals surface area contributed by atoms with Crippen molar-refractivity contribution in [2.45, 2.75) is 36.6 Å². The summed E-state index contributed by atoms with van der Waals surface area (Å²) in [4.78, 5) is 12.2. The van der Waals surface area contributed by atoms with Crippen molar-refractivity contribution in [3.05, 3.63) is 29.8 Å². The number of carbonyl (C=O) groups excluding carboxylic acids is 1. The highest BCUT2D eigenvalue weighted by molar-refractivity contribution is 5.89. The molecule has 3 N–H and O–H groups in total. The van der Waals surface area contributed by atoms with E-state index in [2.05, 4.69) is 17.4 Å². The van der Waals surface area contributed by atoms with Gasteiger partial charge < -0.3 is 20.5 Å². The highest BCUT2D eigenvalue weighted by Crippen LogP contribution is 2.36. The number of hydrogen-bond acceptors (Lipinski definition) is 4. The zero-order valence-corrected chi connectivity index (χ0v) is 13.1. The monoisotopic (exact) mass is 304 g/mol. The van der Waals surface area contributed by atoms with E-state index in [1.807, 2.05) is 12.1 Å². The minimum Gasteiger partial charge on any atom is -0.497 e. The number of nitrogens with two attached hydrogens (primary N) is 1. The topological polar surface area (TPSA) is 73.6 Å². The second kappa shape index (κ2) is 5.89. The van der Waals surface area contributed by atoms with Crippen molar-refractivity contribution in [1.29, 1.82) is 0 Å². The predicted molar refractivity (Wildman–Crippen MR) is 83.9 cm³/mol. The van der Waals surface area contributed by atoms with E-state index in [0.717, 1.165) is 44.6 Å². The smallest absolute Gasteiger partial charge is 0.240 e. The van der Waals surface area contributed by atoms with Gasteiger partial charge in [0, 0.05) is 25.2 Å². The maximum atomic E-state index is 12.2. The van der Waals surface area contributed by atoms with Crippen molar-refractivity contribution in [2.75, 3.05) is 26.9 Å². The first-order valence-electron chi connectivity index (χ1n) is 7.88. The molecule has 3 rings (SSSR count). The third kappa shape index (κ3) is 2.96. The van der Waals surface area contributed by atoms with Gasteiger partial charge in [0.15, 0.2) is 0 Å². The molecule has 0 unspecified atom stereocenters. The standard InChI is InChI=1S/C17H24N2O3/c1-21-14-4-2-13(3-5-14)16(8-10-22-11-9-16)12-19-15(20)17(18)6-7-17/h2-5H,6-12,18H2,1H3,(H,19,20). The molecule has 5 nitrogen and oxygen atoms in total. The van der Waals surface area contributed by atoms with E-state index >= 15 is 0 Å². The molecule has 2 aliphatic rings. The van der Waals surface area contributed by atoms with E-state index in [4.69, 9.17) is 15.2 Å². The Hall–Kier alpha value is -1.59. The first kappa shape index (κ1) is 15.3. The van der Waals surface area contributed by atoms with Gasteiger partial charge in [0.1, 0.15) is 5.75 Å². The molecule has 0 atom stereocenters. The van der Waals surface area contributed by atoms with Crippen molar-refractivity contribution in [3.8, 4) is 5.75 Å². The number of carbonyl (C=O) groups is 1. The average Bonchev–Trinajstić information content (AvgIpc) is 3.32. The Morgan fingerprint density at radius 3 is 2.41 bits per heavy atom.